The number of ether oxygens (including phenoxy) is 1. The monoisotopic (exact) mass is 398 g/mol. The van der Waals surface area contributed by atoms with E-state index in [1.165, 1.54) is 0 Å². The Morgan fingerprint density at radius 2 is 2.04 bits per heavy atom. The molecule has 0 spiro atoms. The Labute approximate surface area is 166 Å². The van der Waals surface area contributed by atoms with Crippen LogP contribution in [0.3, 0.4) is 0 Å². The lowest BCUT2D eigenvalue weighted by Gasteiger charge is -2.09. The zero-order valence-electron chi connectivity index (χ0n) is 14.7. The Morgan fingerprint density at radius 3 is 2.96 bits per heavy atom. The summed E-state index contributed by atoms with van der Waals surface area (Å²) in [5.74, 6) is 1.62. The van der Waals surface area contributed by atoms with Crippen molar-refractivity contribution < 1.29 is 9.26 Å². The molecule has 6 heteroatoms. The van der Waals surface area contributed by atoms with Crippen LogP contribution in [-0.2, 0) is 6.54 Å². The van der Waals surface area contributed by atoms with Crippen molar-refractivity contribution in [2.45, 2.75) is 13.0 Å². The summed E-state index contributed by atoms with van der Waals surface area (Å²) < 4.78 is 11.4. The second-order valence-electron chi connectivity index (χ2n) is 6.15. The van der Waals surface area contributed by atoms with E-state index in [4.69, 9.17) is 20.9 Å². The van der Waals surface area contributed by atoms with E-state index in [1.54, 1.807) is 11.3 Å². The van der Waals surface area contributed by atoms with Gasteiger partial charge in [0.15, 0.2) is 10.6 Å². The molecule has 0 aliphatic heterocycles. The van der Waals surface area contributed by atoms with Crippen LogP contribution in [0, 0.1) is 0 Å². The van der Waals surface area contributed by atoms with E-state index < -0.39 is 0 Å². The van der Waals surface area contributed by atoms with Crippen LogP contribution < -0.4 is 10.1 Å². The summed E-state index contributed by atoms with van der Waals surface area (Å²) in [4.78, 5) is 0.918. The van der Waals surface area contributed by atoms with Crippen LogP contribution in [0.25, 0.3) is 21.5 Å². The van der Waals surface area contributed by atoms with Crippen LogP contribution in [0.1, 0.15) is 12.0 Å². The van der Waals surface area contributed by atoms with Crippen LogP contribution in [0.4, 0.5) is 0 Å². The Bertz CT molecular complexity index is 1030. The molecule has 2 aromatic carbocycles. The molecule has 0 fully saturated rings. The molecule has 138 valence electrons. The van der Waals surface area contributed by atoms with Crippen LogP contribution >= 0.6 is 22.9 Å². The van der Waals surface area contributed by atoms with Gasteiger partial charge in [-0.2, -0.15) is 0 Å². The molecule has 4 aromatic rings. The maximum absolute atomic E-state index is 6.15. The largest absolute Gasteiger partial charge is 0.494 e. The van der Waals surface area contributed by atoms with Crippen molar-refractivity contribution in [3.63, 3.8) is 0 Å². The molecule has 0 bridgehead atoms. The quantitative estimate of drug-likeness (QED) is 0.383. The Kier molecular flexibility index (Phi) is 5.72. The lowest BCUT2D eigenvalue weighted by molar-refractivity contribution is 0.308. The molecule has 0 aliphatic carbocycles. The van der Waals surface area contributed by atoms with Gasteiger partial charge in [-0.15, -0.1) is 11.3 Å². The number of aromatic nitrogens is 1. The van der Waals surface area contributed by atoms with Gasteiger partial charge in [-0.3, -0.25) is 0 Å². The highest BCUT2D eigenvalue weighted by molar-refractivity contribution is 7.16. The van der Waals surface area contributed by atoms with Crippen LogP contribution in [0.5, 0.6) is 5.75 Å². The van der Waals surface area contributed by atoms with Crippen molar-refractivity contribution in [1.29, 1.82) is 0 Å². The number of thiophene rings is 1. The predicted octanol–water partition coefficient (Wildman–Crippen LogP) is 5.77. The van der Waals surface area contributed by atoms with Gasteiger partial charge in [-0.05, 0) is 48.2 Å². The van der Waals surface area contributed by atoms with Gasteiger partial charge in [-0.25, -0.2) is 0 Å². The third-order valence-electron chi connectivity index (χ3n) is 4.25. The summed E-state index contributed by atoms with van der Waals surface area (Å²) in [5.41, 5.74) is 2.09. The van der Waals surface area contributed by atoms with Gasteiger partial charge in [0.25, 0.3) is 0 Å². The first kappa shape index (κ1) is 18.0. The minimum atomic E-state index is 0.642. The van der Waals surface area contributed by atoms with E-state index in [-0.39, 0.29) is 0 Å². The summed E-state index contributed by atoms with van der Waals surface area (Å²) >= 11 is 7.73. The minimum Gasteiger partial charge on any atom is -0.494 e. The molecule has 0 radical (unpaired) electrons. The minimum absolute atomic E-state index is 0.642. The molecular formula is C21H19ClN2O2S. The van der Waals surface area contributed by atoms with Gasteiger partial charge >= 0.3 is 0 Å². The van der Waals surface area contributed by atoms with Crippen molar-refractivity contribution >= 4 is 33.2 Å². The standard InChI is InChI=1S/C21H19ClN2O2S/c22-19-8-2-1-5-16(19)14-23-10-4-11-25-17-7-3-6-15(13-17)20-18-9-12-27-21(18)24-26-20/h1-3,5-9,12-13,23H,4,10-11,14H2. The van der Waals surface area contributed by atoms with Crippen LogP contribution in [-0.4, -0.2) is 18.3 Å². The molecule has 4 rings (SSSR count). The molecule has 2 heterocycles. The highest BCUT2D eigenvalue weighted by atomic mass is 35.5. The van der Waals surface area contributed by atoms with E-state index in [0.29, 0.717) is 6.61 Å². The smallest absolute Gasteiger partial charge is 0.175 e. The van der Waals surface area contributed by atoms with E-state index in [2.05, 4.69) is 10.5 Å². The lowest BCUT2D eigenvalue weighted by atomic mass is 10.1. The van der Waals surface area contributed by atoms with E-state index in [1.807, 2.05) is 60.0 Å². The van der Waals surface area contributed by atoms with Gasteiger partial charge in [0.05, 0.1) is 12.0 Å². The van der Waals surface area contributed by atoms with Crippen molar-refractivity contribution in [2.75, 3.05) is 13.2 Å². The van der Waals surface area contributed by atoms with E-state index in [0.717, 1.165) is 57.4 Å². The summed E-state index contributed by atoms with van der Waals surface area (Å²) in [6, 6.07) is 17.9. The number of halogens is 1. The summed E-state index contributed by atoms with van der Waals surface area (Å²) in [6.07, 6.45) is 0.908. The first-order valence-electron chi connectivity index (χ1n) is 8.81. The van der Waals surface area contributed by atoms with Crippen molar-refractivity contribution in [2.24, 2.45) is 0 Å². The van der Waals surface area contributed by atoms with Gasteiger partial charge in [0, 0.05) is 17.1 Å². The summed E-state index contributed by atoms with van der Waals surface area (Å²) in [5, 5.41) is 11.3. The van der Waals surface area contributed by atoms with E-state index in [9.17, 15) is 0 Å². The number of nitrogens with one attached hydrogen (secondary N) is 1. The Balaban J connectivity index is 1.27. The average molecular weight is 399 g/mol. The third-order valence-corrected chi connectivity index (χ3v) is 5.40. The number of nitrogens with zero attached hydrogens (tertiary/aromatic N) is 1. The SMILES string of the molecule is Clc1ccccc1CNCCCOc1cccc(-c2onc3sccc23)c1. The molecule has 2 aromatic heterocycles. The zero-order valence-corrected chi connectivity index (χ0v) is 16.2. The molecule has 0 saturated carbocycles. The van der Waals surface area contributed by atoms with Crippen LogP contribution in [0.15, 0.2) is 64.5 Å². The number of hydrogen-bond acceptors (Lipinski definition) is 5. The van der Waals surface area contributed by atoms with Gasteiger partial charge in [0.1, 0.15) is 5.75 Å². The second kappa shape index (κ2) is 8.57. The fourth-order valence-electron chi connectivity index (χ4n) is 2.87. The Hall–Kier alpha value is -2.34. The maximum atomic E-state index is 6.15. The fourth-order valence-corrected chi connectivity index (χ4v) is 3.77. The van der Waals surface area contributed by atoms with Gasteiger partial charge < -0.3 is 14.6 Å². The van der Waals surface area contributed by atoms with Crippen molar-refractivity contribution in [3.05, 3.63) is 70.6 Å². The highest BCUT2D eigenvalue weighted by Gasteiger charge is 2.12. The Morgan fingerprint density at radius 1 is 1.11 bits per heavy atom. The molecule has 0 aliphatic rings. The molecule has 0 amide bonds. The van der Waals surface area contributed by atoms with Crippen molar-refractivity contribution in [1.82, 2.24) is 10.5 Å². The predicted molar refractivity (Wildman–Crippen MR) is 111 cm³/mol. The number of hydrogen-bond donors (Lipinski definition) is 1. The van der Waals surface area contributed by atoms with E-state index >= 15 is 0 Å². The normalized spacial score (nSPS) is 11.1. The number of rotatable bonds is 8. The molecule has 4 nitrogen and oxygen atoms in total. The fraction of sp³-hybridized carbons (Fsp3) is 0.190. The second-order valence-corrected chi connectivity index (χ2v) is 7.45. The van der Waals surface area contributed by atoms with Gasteiger partial charge in [0.2, 0.25) is 0 Å². The first-order valence-corrected chi connectivity index (χ1v) is 10.1. The first-order chi connectivity index (χ1) is 13.3. The number of fused-ring (bicyclic) bond motifs is 1. The zero-order chi connectivity index (χ0) is 18.5. The third kappa shape index (κ3) is 4.33. The summed E-state index contributed by atoms with van der Waals surface area (Å²) in [6.45, 7) is 2.27. The molecule has 0 saturated heterocycles. The highest BCUT2D eigenvalue weighted by Crippen LogP contribution is 2.33. The number of benzene rings is 2. The molecular weight excluding hydrogens is 380 g/mol. The van der Waals surface area contributed by atoms with Crippen LogP contribution in [0.2, 0.25) is 5.02 Å². The maximum Gasteiger partial charge on any atom is 0.175 e. The molecule has 0 unspecified atom stereocenters. The average Bonchev–Trinajstić information content (AvgIpc) is 3.30. The topological polar surface area (TPSA) is 47.3 Å². The molecule has 27 heavy (non-hydrogen) atoms. The van der Waals surface area contributed by atoms with Crippen molar-refractivity contribution in [3.8, 4) is 17.1 Å². The lowest BCUT2D eigenvalue weighted by Crippen LogP contribution is -2.17. The summed E-state index contributed by atoms with van der Waals surface area (Å²) in [7, 11) is 0. The molecule has 0 atom stereocenters. The van der Waals surface area contributed by atoms with Gasteiger partial charge in [-0.1, -0.05) is 47.1 Å². The molecule has 1 N–H and O–H groups in total.